The van der Waals surface area contributed by atoms with Crippen molar-refractivity contribution in [3.05, 3.63) is 0 Å². The van der Waals surface area contributed by atoms with Crippen LogP contribution in [0.1, 0.15) is 47.0 Å². The van der Waals surface area contributed by atoms with Gasteiger partial charge >= 0.3 is 6.01 Å². The van der Waals surface area contributed by atoms with Gasteiger partial charge < -0.3 is 15.4 Å². The number of hydrogen-bond acceptors (Lipinski definition) is 6. The van der Waals surface area contributed by atoms with Crippen molar-refractivity contribution in [3.63, 3.8) is 0 Å². The van der Waals surface area contributed by atoms with Crippen LogP contribution in [0.25, 0.3) is 0 Å². The molecule has 0 bridgehead atoms. The van der Waals surface area contributed by atoms with Gasteiger partial charge in [-0.3, -0.25) is 0 Å². The Labute approximate surface area is 114 Å². The number of nitrogen functional groups attached to an aromatic ring is 1. The lowest BCUT2D eigenvalue weighted by atomic mass is 10.2. The predicted molar refractivity (Wildman–Crippen MR) is 75.3 cm³/mol. The molecule has 19 heavy (non-hydrogen) atoms. The number of aromatic nitrogens is 3. The third kappa shape index (κ3) is 3.05. The zero-order chi connectivity index (χ0) is 14.0. The van der Waals surface area contributed by atoms with Crippen LogP contribution >= 0.6 is 0 Å². The van der Waals surface area contributed by atoms with Crippen molar-refractivity contribution >= 4 is 11.9 Å². The molecule has 0 amide bonds. The highest BCUT2D eigenvalue weighted by molar-refractivity contribution is 5.39. The second-order valence-corrected chi connectivity index (χ2v) is 5.34. The van der Waals surface area contributed by atoms with Crippen molar-refractivity contribution in [1.82, 2.24) is 15.0 Å². The molecule has 0 spiro atoms. The van der Waals surface area contributed by atoms with Gasteiger partial charge in [-0.1, -0.05) is 6.92 Å². The van der Waals surface area contributed by atoms with Gasteiger partial charge in [-0.05, 0) is 40.0 Å². The molecule has 1 aromatic rings. The molecule has 0 saturated carbocycles. The summed E-state index contributed by atoms with van der Waals surface area (Å²) in [5, 5.41) is 0. The minimum atomic E-state index is 0.0209. The number of rotatable bonds is 4. The van der Waals surface area contributed by atoms with E-state index in [1.807, 2.05) is 13.8 Å². The largest absolute Gasteiger partial charge is 0.461 e. The third-order valence-corrected chi connectivity index (χ3v) is 3.45. The number of ether oxygens (including phenoxy) is 1. The van der Waals surface area contributed by atoms with E-state index in [1.165, 1.54) is 6.42 Å². The Balaban J connectivity index is 2.30. The van der Waals surface area contributed by atoms with E-state index >= 15 is 0 Å². The summed E-state index contributed by atoms with van der Waals surface area (Å²) in [6.45, 7) is 8.25. The maximum Gasteiger partial charge on any atom is 0.323 e. The molecular weight excluding hydrogens is 242 g/mol. The number of nitrogens with two attached hydrogens (primary N) is 1. The van der Waals surface area contributed by atoms with Gasteiger partial charge in [-0.15, -0.1) is 0 Å². The fraction of sp³-hybridized carbons (Fsp3) is 0.769. The lowest BCUT2D eigenvalue weighted by Crippen LogP contribution is -2.36. The summed E-state index contributed by atoms with van der Waals surface area (Å²) in [4.78, 5) is 14.9. The number of nitrogens with zero attached hydrogens (tertiary/aromatic N) is 4. The highest BCUT2D eigenvalue weighted by Gasteiger charge is 2.32. The van der Waals surface area contributed by atoms with Gasteiger partial charge in [0, 0.05) is 12.1 Å². The molecule has 0 aliphatic carbocycles. The van der Waals surface area contributed by atoms with Crippen LogP contribution in [-0.2, 0) is 0 Å². The van der Waals surface area contributed by atoms with E-state index in [9.17, 15) is 0 Å². The molecule has 6 heteroatoms. The molecule has 106 valence electrons. The van der Waals surface area contributed by atoms with E-state index in [1.54, 1.807) is 0 Å². The lowest BCUT2D eigenvalue weighted by molar-refractivity contribution is 0.222. The Hall–Kier alpha value is -1.59. The molecule has 6 nitrogen and oxygen atoms in total. The van der Waals surface area contributed by atoms with Crippen LogP contribution in [-0.4, -0.2) is 33.1 Å². The Morgan fingerprint density at radius 2 is 2.05 bits per heavy atom. The number of hydrogen-bond donors (Lipinski definition) is 1. The molecule has 2 unspecified atom stereocenters. The van der Waals surface area contributed by atoms with Crippen LogP contribution in [0.4, 0.5) is 11.9 Å². The molecule has 1 aromatic heterocycles. The van der Waals surface area contributed by atoms with Crippen molar-refractivity contribution in [2.75, 3.05) is 10.6 Å². The fourth-order valence-electron chi connectivity index (χ4n) is 2.57. The van der Waals surface area contributed by atoms with Crippen molar-refractivity contribution in [1.29, 1.82) is 0 Å². The van der Waals surface area contributed by atoms with Gasteiger partial charge in [0.25, 0.3) is 0 Å². The summed E-state index contributed by atoms with van der Waals surface area (Å²) in [6, 6.07) is 1.22. The molecule has 0 radical (unpaired) electrons. The third-order valence-electron chi connectivity index (χ3n) is 3.45. The normalized spacial score (nSPS) is 23.1. The van der Waals surface area contributed by atoms with E-state index < -0.39 is 0 Å². The fourth-order valence-corrected chi connectivity index (χ4v) is 2.57. The highest BCUT2D eigenvalue weighted by atomic mass is 16.5. The standard InChI is InChI=1S/C13H23N5O/c1-5-10-7-6-9(4)18(10)12-15-11(14)16-13(17-12)19-8(2)3/h8-10H,5-7H2,1-4H3,(H2,14,15,16,17). The molecule has 1 aliphatic heterocycles. The average molecular weight is 265 g/mol. The molecule has 2 atom stereocenters. The monoisotopic (exact) mass is 265 g/mol. The summed E-state index contributed by atoms with van der Waals surface area (Å²) in [6.07, 6.45) is 3.43. The molecular formula is C13H23N5O. The lowest BCUT2D eigenvalue weighted by Gasteiger charge is -2.28. The van der Waals surface area contributed by atoms with Crippen molar-refractivity contribution in [2.24, 2.45) is 0 Å². The van der Waals surface area contributed by atoms with Crippen LogP contribution < -0.4 is 15.4 Å². The first kappa shape index (κ1) is 13.8. The van der Waals surface area contributed by atoms with Crippen molar-refractivity contribution in [2.45, 2.75) is 65.1 Å². The maximum atomic E-state index is 5.77. The quantitative estimate of drug-likeness (QED) is 0.897. The van der Waals surface area contributed by atoms with Gasteiger partial charge in [-0.25, -0.2) is 0 Å². The molecule has 1 fully saturated rings. The first-order valence-electron chi connectivity index (χ1n) is 6.97. The maximum absolute atomic E-state index is 5.77. The van der Waals surface area contributed by atoms with Crippen LogP contribution in [0.2, 0.25) is 0 Å². The van der Waals surface area contributed by atoms with Gasteiger partial charge in [0.1, 0.15) is 0 Å². The minimum absolute atomic E-state index is 0.0209. The van der Waals surface area contributed by atoms with Gasteiger partial charge in [0.2, 0.25) is 11.9 Å². The molecule has 1 saturated heterocycles. The van der Waals surface area contributed by atoms with Crippen LogP contribution in [0.15, 0.2) is 0 Å². The summed E-state index contributed by atoms with van der Waals surface area (Å²) in [5.74, 6) is 0.856. The molecule has 0 aromatic carbocycles. The Bertz CT molecular complexity index is 437. The first-order valence-corrected chi connectivity index (χ1v) is 6.97. The topological polar surface area (TPSA) is 77.2 Å². The predicted octanol–water partition coefficient (Wildman–Crippen LogP) is 2.01. The van der Waals surface area contributed by atoms with Crippen molar-refractivity contribution in [3.8, 4) is 6.01 Å². The van der Waals surface area contributed by atoms with E-state index in [2.05, 4.69) is 33.7 Å². The van der Waals surface area contributed by atoms with Crippen LogP contribution in [0.3, 0.4) is 0 Å². The minimum Gasteiger partial charge on any atom is -0.461 e. The Morgan fingerprint density at radius 1 is 1.32 bits per heavy atom. The van der Waals surface area contributed by atoms with Gasteiger partial charge in [0.05, 0.1) is 6.10 Å². The van der Waals surface area contributed by atoms with E-state index in [0.29, 0.717) is 24.0 Å². The second-order valence-electron chi connectivity index (χ2n) is 5.34. The summed E-state index contributed by atoms with van der Waals surface area (Å²) in [7, 11) is 0. The Morgan fingerprint density at radius 3 is 2.68 bits per heavy atom. The second kappa shape index (κ2) is 5.59. The Kier molecular flexibility index (Phi) is 4.07. The van der Waals surface area contributed by atoms with Crippen LogP contribution in [0.5, 0.6) is 6.01 Å². The molecule has 2 heterocycles. The zero-order valence-electron chi connectivity index (χ0n) is 12.1. The molecule has 2 rings (SSSR count). The van der Waals surface area contributed by atoms with Crippen molar-refractivity contribution < 1.29 is 4.74 Å². The summed E-state index contributed by atoms with van der Waals surface area (Å²) < 4.78 is 5.53. The van der Waals surface area contributed by atoms with E-state index in [-0.39, 0.29) is 12.1 Å². The molecule has 1 aliphatic rings. The zero-order valence-corrected chi connectivity index (χ0v) is 12.1. The van der Waals surface area contributed by atoms with Crippen LogP contribution in [0, 0.1) is 0 Å². The SMILES string of the molecule is CCC1CCC(C)N1c1nc(N)nc(OC(C)C)n1. The van der Waals surface area contributed by atoms with E-state index in [4.69, 9.17) is 10.5 Å². The summed E-state index contributed by atoms with van der Waals surface area (Å²) >= 11 is 0. The number of anilines is 2. The molecule has 2 N–H and O–H groups in total. The van der Waals surface area contributed by atoms with Gasteiger partial charge in [0.15, 0.2) is 0 Å². The average Bonchev–Trinajstić information content (AvgIpc) is 2.68. The highest BCUT2D eigenvalue weighted by Crippen LogP contribution is 2.30. The summed E-state index contributed by atoms with van der Waals surface area (Å²) in [5.41, 5.74) is 5.77. The van der Waals surface area contributed by atoms with Gasteiger partial charge in [-0.2, -0.15) is 15.0 Å². The smallest absolute Gasteiger partial charge is 0.323 e. The first-order chi connectivity index (χ1) is 9.01. The van der Waals surface area contributed by atoms with E-state index in [0.717, 1.165) is 12.8 Å².